The van der Waals surface area contributed by atoms with Crippen LogP contribution < -0.4 is 0 Å². The largest absolute Gasteiger partial charge is 0.511 e. The third-order valence-electron chi connectivity index (χ3n) is 5.56. The zero-order valence-corrected chi connectivity index (χ0v) is 14.0. The van der Waals surface area contributed by atoms with Gasteiger partial charge in [0.25, 0.3) is 0 Å². The van der Waals surface area contributed by atoms with Gasteiger partial charge in [-0.1, -0.05) is 49.4 Å². The van der Waals surface area contributed by atoms with Crippen LogP contribution in [0, 0.1) is 11.8 Å². The lowest BCUT2D eigenvalue weighted by atomic mass is 9.81. The molecule has 1 fully saturated rings. The number of fused-ring (bicyclic) bond motifs is 2. The summed E-state index contributed by atoms with van der Waals surface area (Å²) in [5.41, 5.74) is 4.87. The Morgan fingerprint density at radius 2 is 1.75 bits per heavy atom. The quantitative estimate of drug-likeness (QED) is 0.846. The van der Waals surface area contributed by atoms with E-state index in [1.807, 2.05) is 18.2 Å². The lowest BCUT2D eigenvalue weighted by Crippen LogP contribution is -2.22. The van der Waals surface area contributed by atoms with Crippen molar-refractivity contribution in [3.8, 4) is 11.1 Å². The molecule has 0 saturated heterocycles. The molecule has 1 N–H and O–H groups in total. The molecule has 2 bridgehead atoms. The first kappa shape index (κ1) is 15.2. The van der Waals surface area contributed by atoms with Crippen LogP contribution in [0.1, 0.15) is 37.3 Å². The number of ketones is 1. The molecule has 2 atom stereocenters. The summed E-state index contributed by atoms with van der Waals surface area (Å²) in [5, 5.41) is 10.7. The Bertz CT molecular complexity index is 817. The number of carbonyl (C=O) groups excluding carboxylic acids is 1. The fourth-order valence-corrected chi connectivity index (χ4v) is 4.20. The van der Waals surface area contributed by atoms with Crippen LogP contribution in [-0.4, -0.2) is 10.9 Å². The average Bonchev–Trinajstić information content (AvgIpc) is 3.08. The van der Waals surface area contributed by atoms with Crippen molar-refractivity contribution in [2.45, 2.75) is 32.6 Å². The zero-order valence-electron chi connectivity index (χ0n) is 14.0. The summed E-state index contributed by atoms with van der Waals surface area (Å²) in [4.78, 5) is 12.9. The predicted molar refractivity (Wildman–Crippen MR) is 96.6 cm³/mol. The molecule has 1 saturated carbocycles. The highest BCUT2D eigenvalue weighted by Gasteiger charge is 2.41. The summed E-state index contributed by atoms with van der Waals surface area (Å²) in [6.45, 7) is 2.10. The van der Waals surface area contributed by atoms with Crippen LogP contribution in [0.15, 0.2) is 54.3 Å². The van der Waals surface area contributed by atoms with E-state index in [-0.39, 0.29) is 17.6 Å². The van der Waals surface area contributed by atoms with Crippen molar-refractivity contribution in [3.05, 3.63) is 65.4 Å². The minimum Gasteiger partial charge on any atom is -0.511 e. The standard InChI is InChI=1S/C22H22O2/c1-2-14-8-9-16(15-6-4-3-5-7-15)13-19(14)20-21(23)17-10-11-18(12-17)22(20)24/h3-9,13,17-18,23H,2,10-12H2,1H3/t17-,18+/m0/s1. The number of benzene rings is 2. The topological polar surface area (TPSA) is 37.3 Å². The first-order valence-corrected chi connectivity index (χ1v) is 8.85. The third kappa shape index (κ3) is 2.37. The molecule has 4 rings (SSSR count). The molecule has 0 spiro atoms. The van der Waals surface area contributed by atoms with Crippen LogP contribution in [0.5, 0.6) is 0 Å². The van der Waals surface area contributed by atoms with Crippen LogP contribution in [0.25, 0.3) is 16.7 Å². The molecule has 0 unspecified atom stereocenters. The fourth-order valence-electron chi connectivity index (χ4n) is 4.20. The average molecular weight is 318 g/mol. The molecule has 0 aliphatic heterocycles. The molecular weight excluding hydrogens is 296 g/mol. The van der Waals surface area contributed by atoms with Gasteiger partial charge in [-0.05, 0) is 54.0 Å². The number of hydrogen-bond acceptors (Lipinski definition) is 2. The first-order chi connectivity index (χ1) is 11.7. The summed E-state index contributed by atoms with van der Waals surface area (Å²) in [5.74, 6) is 0.744. The molecule has 0 radical (unpaired) electrons. The van der Waals surface area contributed by atoms with Crippen LogP contribution in [0.4, 0.5) is 0 Å². The van der Waals surface area contributed by atoms with Gasteiger partial charge in [0.05, 0.1) is 5.57 Å². The number of aliphatic hydroxyl groups is 1. The molecule has 2 aliphatic rings. The molecule has 2 nitrogen and oxygen atoms in total. The van der Waals surface area contributed by atoms with E-state index in [2.05, 4.69) is 37.3 Å². The fraction of sp³-hybridized carbons (Fsp3) is 0.318. The molecule has 2 heteroatoms. The smallest absolute Gasteiger partial charge is 0.169 e. The predicted octanol–water partition coefficient (Wildman–Crippen LogP) is 5.18. The number of aliphatic hydroxyl groups excluding tert-OH is 1. The number of carbonyl (C=O) groups is 1. The lowest BCUT2D eigenvalue weighted by Gasteiger charge is -2.23. The number of hydrogen-bond donors (Lipinski definition) is 1. The SMILES string of the molecule is CCc1ccc(-c2ccccc2)cc1C1=C(O)[C@H]2CC[C@H](C2)C1=O. The highest BCUT2D eigenvalue weighted by atomic mass is 16.3. The number of Topliss-reactive ketones (excluding diaryl/α,β-unsaturated/α-hetero) is 1. The van der Waals surface area contributed by atoms with Gasteiger partial charge in [-0.25, -0.2) is 0 Å². The van der Waals surface area contributed by atoms with Crippen molar-refractivity contribution in [2.75, 3.05) is 0 Å². The molecule has 0 heterocycles. The molecule has 122 valence electrons. The summed E-state index contributed by atoms with van der Waals surface area (Å²) >= 11 is 0. The second kappa shape index (κ2) is 5.94. The number of rotatable bonds is 3. The van der Waals surface area contributed by atoms with E-state index in [0.29, 0.717) is 11.3 Å². The first-order valence-electron chi connectivity index (χ1n) is 8.85. The van der Waals surface area contributed by atoms with Gasteiger partial charge < -0.3 is 5.11 Å². The van der Waals surface area contributed by atoms with Crippen LogP contribution >= 0.6 is 0 Å². The van der Waals surface area contributed by atoms with Crippen LogP contribution in [-0.2, 0) is 11.2 Å². The van der Waals surface area contributed by atoms with E-state index in [0.717, 1.165) is 47.9 Å². The van der Waals surface area contributed by atoms with Gasteiger partial charge in [-0.15, -0.1) is 0 Å². The van der Waals surface area contributed by atoms with E-state index in [9.17, 15) is 9.90 Å². The highest BCUT2D eigenvalue weighted by Crippen LogP contribution is 2.46. The van der Waals surface area contributed by atoms with Crippen molar-refractivity contribution in [1.82, 2.24) is 0 Å². The minimum atomic E-state index is 0.103. The maximum Gasteiger partial charge on any atom is 0.169 e. The van der Waals surface area contributed by atoms with Gasteiger partial charge in [-0.3, -0.25) is 4.79 Å². The normalized spacial score (nSPS) is 23.0. The Hall–Kier alpha value is -2.35. The monoisotopic (exact) mass is 318 g/mol. The van der Waals surface area contributed by atoms with E-state index >= 15 is 0 Å². The number of allylic oxidation sites excluding steroid dienone is 2. The van der Waals surface area contributed by atoms with E-state index in [4.69, 9.17) is 0 Å². The van der Waals surface area contributed by atoms with Crippen molar-refractivity contribution >= 4 is 11.4 Å². The Kier molecular flexibility index (Phi) is 3.76. The van der Waals surface area contributed by atoms with Gasteiger partial charge in [0.15, 0.2) is 5.78 Å². The zero-order chi connectivity index (χ0) is 16.7. The van der Waals surface area contributed by atoms with Gasteiger partial charge in [0, 0.05) is 11.8 Å². The number of aryl methyl sites for hydroxylation is 1. The summed E-state index contributed by atoms with van der Waals surface area (Å²) in [6.07, 6.45) is 3.53. The van der Waals surface area contributed by atoms with Crippen molar-refractivity contribution in [3.63, 3.8) is 0 Å². The maximum atomic E-state index is 12.9. The van der Waals surface area contributed by atoms with Crippen molar-refractivity contribution in [1.29, 1.82) is 0 Å². The van der Waals surface area contributed by atoms with Gasteiger partial charge in [0.1, 0.15) is 5.76 Å². The van der Waals surface area contributed by atoms with Gasteiger partial charge >= 0.3 is 0 Å². The van der Waals surface area contributed by atoms with Crippen LogP contribution in [0.3, 0.4) is 0 Å². The minimum absolute atomic E-state index is 0.103. The lowest BCUT2D eigenvalue weighted by molar-refractivity contribution is -0.117. The Morgan fingerprint density at radius 1 is 1.00 bits per heavy atom. The van der Waals surface area contributed by atoms with Gasteiger partial charge in [0.2, 0.25) is 0 Å². The second-order valence-electron chi connectivity index (χ2n) is 6.92. The molecule has 2 aromatic rings. The van der Waals surface area contributed by atoms with E-state index in [1.165, 1.54) is 0 Å². The highest BCUT2D eigenvalue weighted by molar-refractivity contribution is 6.23. The summed E-state index contributed by atoms with van der Waals surface area (Å²) in [6, 6.07) is 16.5. The van der Waals surface area contributed by atoms with Crippen LogP contribution in [0.2, 0.25) is 0 Å². The van der Waals surface area contributed by atoms with E-state index < -0.39 is 0 Å². The summed E-state index contributed by atoms with van der Waals surface area (Å²) in [7, 11) is 0. The second-order valence-corrected chi connectivity index (χ2v) is 6.92. The Balaban J connectivity index is 1.88. The van der Waals surface area contributed by atoms with Crippen molar-refractivity contribution in [2.24, 2.45) is 11.8 Å². The summed E-state index contributed by atoms with van der Waals surface area (Å²) < 4.78 is 0. The van der Waals surface area contributed by atoms with Gasteiger partial charge in [-0.2, -0.15) is 0 Å². The molecule has 2 aliphatic carbocycles. The molecule has 24 heavy (non-hydrogen) atoms. The molecule has 2 aromatic carbocycles. The Morgan fingerprint density at radius 3 is 2.50 bits per heavy atom. The third-order valence-corrected chi connectivity index (χ3v) is 5.56. The molecule has 0 amide bonds. The molecule has 0 aromatic heterocycles. The van der Waals surface area contributed by atoms with E-state index in [1.54, 1.807) is 0 Å². The molecular formula is C22H22O2. The maximum absolute atomic E-state index is 12.9. The Labute approximate surface area is 142 Å². The van der Waals surface area contributed by atoms with Crippen molar-refractivity contribution < 1.29 is 9.90 Å².